The highest BCUT2D eigenvalue weighted by Crippen LogP contribution is 2.19. The molecule has 0 unspecified atom stereocenters. The minimum Gasteiger partial charge on any atom is -0.306 e. The number of halogens is 1. The lowest BCUT2D eigenvalue weighted by atomic mass is 10.1. The van der Waals surface area contributed by atoms with E-state index >= 15 is 0 Å². The molecule has 1 N–H and O–H groups in total. The van der Waals surface area contributed by atoms with Crippen molar-refractivity contribution in [3.8, 4) is 11.4 Å². The number of rotatable bonds is 3. The third-order valence-corrected chi connectivity index (χ3v) is 4.51. The smallest absolute Gasteiger partial charge is 0.254 e. The number of aromatic nitrogens is 4. The minimum absolute atomic E-state index is 0.0586. The van der Waals surface area contributed by atoms with E-state index in [4.69, 9.17) is 11.6 Å². The van der Waals surface area contributed by atoms with Gasteiger partial charge in [-0.3, -0.25) is 14.7 Å². The Hall–Kier alpha value is -2.57. The van der Waals surface area contributed by atoms with Crippen molar-refractivity contribution in [2.45, 2.75) is 19.5 Å². The van der Waals surface area contributed by atoms with Crippen molar-refractivity contribution in [1.29, 1.82) is 0 Å². The van der Waals surface area contributed by atoms with Gasteiger partial charge in [0.1, 0.15) is 11.0 Å². The summed E-state index contributed by atoms with van der Waals surface area (Å²) < 4.78 is 0. The molecular weight excluding hydrogens is 338 g/mol. The first-order valence-electron chi connectivity index (χ1n) is 8.04. The molecule has 0 amide bonds. The maximum absolute atomic E-state index is 12.4. The van der Waals surface area contributed by atoms with Crippen molar-refractivity contribution in [3.63, 3.8) is 0 Å². The summed E-state index contributed by atoms with van der Waals surface area (Å²) in [5, 5.41) is 0.488. The van der Waals surface area contributed by atoms with Gasteiger partial charge in [0.15, 0.2) is 0 Å². The number of aromatic amines is 1. The SMILES string of the molecule is O=c1[nH]c(-c2cccnc2)nc2c1CCN(Cc1ccc(Cl)nc1)C2. The first-order chi connectivity index (χ1) is 12.2. The molecule has 0 saturated heterocycles. The lowest BCUT2D eigenvalue weighted by molar-refractivity contribution is 0.240. The monoisotopic (exact) mass is 353 g/mol. The molecule has 4 heterocycles. The number of H-pyrrole nitrogens is 1. The number of fused-ring (bicyclic) bond motifs is 1. The quantitative estimate of drug-likeness (QED) is 0.732. The van der Waals surface area contributed by atoms with Gasteiger partial charge in [0.2, 0.25) is 0 Å². The molecule has 7 heteroatoms. The van der Waals surface area contributed by atoms with E-state index in [1.165, 1.54) is 0 Å². The average Bonchev–Trinajstić information content (AvgIpc) is 2.64. The summed E-state index contributed by atoms with van der Waals surface area (Å²) in [7, 11) is 0. The molecule has 1 aliphatic rings. The van der Waals surface area contributed by atoms with Gasteiger partial charge in [-0.2, -0.15) is 0 Å². The Kier molecular flexibility index (Phi) is 4.29. The Labute approximate surface area is 149 Å². The third-order valence-electron chi connectivity index (χ3n) is 4.28. The molecule has 0 saturated carbocycles. The summed E-state index contributed by atoms with van der Waals surface area (Å²) in [5.41, 5.74) is 3.44. The lowest BCUT2D eigenvalue weighted by Gasteiger charge is -2.27. The highest BCUT2D eigenvalue weighted by molar-refractivity contribution is 6.29. The molecule has 0 bridgehead atoms. The predicted molar refractivity (Wildman–Crippen MR) is 95.2 cm³/mol. The van der Waals surface area contributed by atoms with Crippen molar-refractivity contribution in [3.05, 3.63) is 75.2 Å². The normalized spacial score (nSPS) is 14.3. The number of pyridine rings is 2. The van der Waals surface area contributed by atoms with Gasteiger partial charge < -0.3 is 4.98 Å². The fourth-order valence-corrected chi connectivity index (χ4v) is 3.14. The van der Waals surface area contributed by atoms with Crippen LogP contribution in [0.4, 0.5) is 0 Å². The van der Waals surface area contributed by atoms with E-state index < -0.39 is 0 Å². The van der Waals surface area contributed by atoms with Crippen LogP contribution in [0.5, 0.6) is 0 Å². The maximum atomic E-state index is 12.4. The molecule has 0 aromatic carbocycles. The summed E-state index contributed by atoms with van der Waals surface area (Å²) in [4.78, 5) is 30.4. The Morgan fingerprint density at radius 1 is 1.24 bits per heavy atom. The first kappa shape index (κ1) is 15.9. The van der Waals surface area contributed by atoms with Crippen molar-refractivity contribution in [1.82, 2.24) is 24.8 Å². The Balaban J connectivity index is 1.60. The van der Waals surface area contributed by atoms with Crippen LogP contribution in [-0.2, 0) is 19.5 Å². The van der Waals surface area contributed by atoms with Crippen LogP contribution in [0.2, 0.25) is 5.15 Å². The molecule has 25 heavy (non-hydrogen) atoms. The van der Waals surface area contributed by atoms with Gasteiger partial charge in [-0.25, -0.2) is 9.97 Å². The number of nitrogens with one attached hydrogen (secondary N) is 1. The average molecular weight is 354 g/mol. The zero-order valence-corrected chi connectivity index (χ0v) is 14.2. The molecule has 0 fully saturated rings. The molecule has 0 radical (unpaired) electrons. The molecule has 3 aromatic heterocycles. The van der Waals surface area contributed by atoms with Gasteiger partial charge in [0.25, 0.3) is 5.56 Å². The highest BCUT2D eigenvalue weighted by atomic mass is 35.5. The molecule has 1 aliphatic heterocycles. The molecular formula is C18H16ClN5O. The molecule has 126 valence electrons. The van der Waals surface area contributed by atoms with Gasteiger partial charge in [-0.15, -0.1) is 0 Å². The fourth-order valence-electron chi connectivity index (χ4n) is 3.03. The van der Waals surface area contributed by atoms with Crippen LogP contribution >= 0.6 is 11.6 Å². The summed E-state index contributed by atoms with van der Waals surface area (Å²) in [5.74, 6) is 0.562. The van der Waals surface area contributed by atoms with Crippen LogP contribution in [0.25, 0.3) is 11.4 Å². The summed E-state index contributed by atoms with van der Waals surface area (Å²) in [6.45, 7) is 2.20. The molecule has 3 aromatic rings. The summed E-state index contributed by atoms with van der Waals surface area (Å²) >= 11 is 5.84. The van der Waals surface area contributed by atoms with E-state index in [2.05, 4.69) is 24.8 Å². The zero-order chi connectivity index (χ0) is 17.2. The Bertz CT molecular complexity index is 940. The van der Waals surface area contributed by atoms with Crippen molar-refractivity contribution in [2.24, 2.45) is 0 Å². The van der Waals surface area contributed by atoms with Crippen LogP contribution in [0.3, 0.4) is 0 Å². The topological polar surface area (TPSA) is 74.8 Å². The maximum Gasteiger partial charge on any atom is 0.254 e. The molecule has 4 rings (SSSR count). The second-order valence-electron chi connectivity index (χ2n) is 6.03. The van der Waals surface area contributed by atoms with E-state index in [-0.39, 0.29) is 5.56 Å². The Morgan fingerprint density at radius 2 is 2.16 bits per heavy atom. The van der Waals surface area contributed by atoms with Crippen LogP contribution in [0, 0.1) is 0 Å². The third kappa shape index (κ3) is 3.45. The highest BCUT2D eigenvalue weighted by Gasteiger charge is 2.21. The van der Waals surface area contributed by atoms with Gasteiger partial charge >= 0.3 is 0 Å². The fraction of sp³-hybridized carbons (Fsp3) is 0.222. The van der Waals surface area contributed by atoms with E-state index in [0.717, 1.165) is 35.5 Å². The zero-order valence-electron chi connectivity index (χ0n) is 13.4. The number of hydrogen-bond donors (Lipinski definition) is 1. The van der Waals surface area contributed by atoms with Crippen LogP contribution < -0.4 is 5.56 Å². The number of nitrogens with zero attached hydrogens (tertiary/aromatic N) is 4. The second-order valence-corrected chi connectivity index (χ2v) is 6.42. The van der Waals surface area contributed by atoms with Crippen molar-refractivity contribution >= 4 is 11.6 Å². The number of hydrogen-bond acceptors (Lipinski definition) is 5. The van der Waals surface area contributed by atoms with Gasteiger partial charge in [0.05, 0.1) is 5.69 Å². The minimum atomic E-state index is -0.0586. The molecule has 0 spiro atoms. The van der Waals surface area contributed by atoms with E-state index in [0.29, 0.717) is 23.9 Å². The Morgan fingerprint density at radius 3 is 2.92 bits per heavy atom. The molecule has 0 aliphatic carbocycles. The van der Waals surface area contributed by atoms with E-state index in [1.807, 2.05) is 18.2 Å². The van der Waals surface area contributed by atoms with Gasteiger partial charge in [-0.05, 0) is 30.2 Å². The van der Waals surface area contributed by atoms with Crippen LogP contribution in [0.15, 0.2) is 47.7 Å². The summed E-state index contributed by atoms with van der Waals surface area (Å²) in [6, 6.07) is 7.47. The molecule has 0 atom stereocenters. The van der Waals surface area contributed by atoms with Crippen molar-refractivity contribution < 1.29 is 0 Å². The van der Waals surface area contributed by atoms with Gasteiger partial charge in [-0.1, -0.05) is 17.7 Å². The van der Waals surface area contributed by atoms with E-state index in [1.54, 1.807) is 24.7 Å². The van der Waals surface area contributed by atoms with Gasteiger partial charge in [0, 0.05) is 49.4 Å². The first-order valence-corrected chi connectivity index (χ1v) is 8.42. The van der Waals surface area contributed by atoms with E-state index in [9.17, 15) is 4.79 Å². The van der Waals surface area contributed by atoms with Crippen LogP contribution in [-0.4, -0.2) is 31.4 Å². The summed E-state index contributed by atoms with van der Waals surface area (Å²) in [6.07, 6.45) is 5.86. The second kappa shape index (κ2) is 6.74. The standard InChI is InChI=1S/C18H16ClN5O/c19-16-4-3-12(8-21-16)10-24-7-5-14-15(11-24)22-17(23-18(14)25)13-2-1-6-20-9-13/h1-4,6,8-9H,5,7,10-11H2,(H,22,23,25). The van der Waals surface area contributed by atoms with Crippen LogP contribution in [0.1, 0.15) is 16.8 Å². The van der Waals surface area contributed by atoms with Crippen molar-refractivity contribution in [2.75, 3.05) is 6.54 Å². The predicted octanol–water partition coefficient (Wildman–Crippen LogP) is 2.44. The lowest BCUT2D eigenvalue weighted by Crippen LogP contribution is -2.35. The molecule has 6 nitrogen and oxygen atoms in total. The largest absolute Gasteiger partial charge is 0.306 e.